The number of ether oxygens (including phenoxy) is 1. The molecule has 1 aromatic heterocycles. The zero-order valence-electron chi connectivity index (χ0n) is 12.7. The van der Waals surface area contributed by atoms with Crippen LogP contribution in [0.25, 0.3) is 0 Å². The Balaban J connectivity index is 1.48. The van der Waals surface area contributed by atoms with E-state index >= 15 is 0 Å². The zero-order valence-corrected chi connectivity index (χ0v) is 12.7. The number of nitrogens with one attached hydrogen (secondary N) is 2. The minimum atomic E-state index is -0.774. The topological polar surface area (TPSA) is 110 Å². The second-order valence-electron chi connectivity index (χ2n) is 6.20. The van der Waals surface area contributed by atoms with Crippen LogP contribution in [0, 0.1) is 0 Å². The molecule has 0 radical (unpaired) electrons. The molecule has 1 aromatic rings. The summed E-state index contributed by atoms with van der Waals surface area (Å²) in [5.74, 6) is 0.540. The summed E-state index contributed by atoms with van der Waals surface area (Å²) in [5.41, 5.74) is -0.774. The summed E-state index contributed by atoms with van der Waals surface area (Å²) in [7, 11) is 0. The quantitative estimate of drug-likeness (QED) is 0.760. The van der Waals surface area contributed by atoms with Crippen LogP contribution in [0.3, 0.4) is 0 Å². The molecule has 4 heterocycles. The number of nitrogens with zero attached hydrogens (tertiary/aromatic N) is 3. The van der Waals surface area contributed by atoms with Crippen LogP contribution in [0.1, 0.15) is 43.5 Å². The second kappa shape index (κ2) is 5.57. The van der Waals surface area contributed by atoms with Crippen molar-refractivity contribution in [1.29, 1.82) is 0 Å². The monoisotopic (exact) mass is 321 g/mol. The van der Waals surface area contributed by atoms with E-state index in [9.17, 15) is 9.59 Å². The van der Waals surface area contributed by atoms with Gasteiger partial charge in [-0.3, -0.25) is 9.69 Å². The molecule has 3 aliphatic rings. The summed E-state index contributed by atoms with van der Waals surface area (Å²) in [6.07, 6.45) is 2.84. The molecule has 4 rings (SSSR count). The largest absolute Gasteiger partial charge is 0.368 e. The van der Waals surface area contributed by atoms with Crippen molar-refractivity contribution in [3.05, 3.63) is 11.7 Å². The number of hydrogen-bond acceptors (Lipinski definition) is 7. The first-order valence-corrected chi connectivity index (χ1v) is 7.97. The number of hydrogen-bond donors (Lipinski definition) is 2. The molecule has 0 unspecified atom stereocenters. The summed E-state index contributed by atoms with van der Waals surface area (Å²) < 4.78 is 10.7. The third kappa shape index (κ3) is 2.49. The predicted molar refractivity (Wildman–Crippen MR) is 76.1 cm³/mol. The van der Waals surface area contributed by atoms with Crippen molar-refractivity contribution in [3.8, 4) is 0 Å². The Labute approximate surface area is 132 Å². The van der Waals surface area contributed by atoms with Crippen molar-refractivity contribution in [2.45, 2.75) is 43.9 Å². The molecule has 1 atom stereocenters. The highest BCUT2D eigenvalue weighted by atomic mass is 16.5. The van der Waals surface area contributed by atoms with Crippen molar-refractivity contribution in [2.24, 2.45) is 0 Å². The second-order valence-corrected chi connectivity index (χ2v) is 6.20. The molecular weight excluding hydrogens is 302 g/mol. The smallest absolute Gasteiger partial charge is 0.325 e. The Morgan fingerprint density at radius 3 is 2.87 bits per heavy atom. The average Bonchev–Trinajstić information content (AvgIpc) is 3.27. The van der Waals surface area contributed by atoms with Gasteiger partial charge < -0.3 is 19.9 Å². The van der Waals surface area contributed by atoms with Gasteiger partial charge in [0.1, 0.15) is 11.6 Å². The Hall–Kier alpha value is -2.00. The Kier molecular flexibility index (Phi) is 3.53. The Bertz CT molecular complexity index is 618. The molecule has 0 aliphatic carbocycles. The van der Waals surface area contributed by atoms with Crippen LogP contribution < -0.4 is 10.6 Å². The van der Waals surface area contributed by atoms with Gasteiger partial charge in [-0.1, -0.05) is 5.16 Å². The molecule has 23 heavy (non-hydrogen) atoms. The van der Waals surface area contributed by atoms with Crippen LogP contribution in [0.15, 0.2) is 4.52 Å². The summed E-state index contributed by atoms with van der Waals surface area (Å²) in [4.78, 5) is 30.3. The molecular formula is C14H19N5O4. The van der Waals surface area contributed by atoms with E-state index in [1.807, 2.05) is 0 Å². The standard InChI is InChI=1S/C14H19N5O4/c20-12-14(3-5-15-6-4-14)17-13(21)19(12)8-10-16-11(23-18-10)9-2-1-7-22-9/h9,15H,1-8H2,(H,17,21)/t9-/m0/s1. The van der Waals surface area contributed by atoms with Crippen LogP contribution in [-0.2, 0) is 16.1 Å². The minimum Gasteiger partial charge on any atom is -0.368 e. The number of imide groups is 1. The van der Waals surface area contributed by atoms with E-state index in [-0.39, 0.29) is 24.6 Å². The van der Waals surface area contributed by atoms with E-state index in [0.29, 0.717) is 44.3 Å². The highest BCUT2D eigenvalue weighted by Gasteiger charge is 2.51. The van der Waals surface area contributed by atoms with Crippen LogP contribution >= 0.6 is 0 Å². The van der Waals surface area contributed by atoms with Crippen molar-refractivity contribution in [2.75, 3.05) is 19.7 Å². The fraction of sp³-hybridized carbons (Fsp3) is 0.714. The van der Waals surface area contributed by atoms with Crippen molar-refractivity contribution < 1.29 is 18.8 Å². The minimum absolute atomic E-state index is 0.0239. The fourth-order valence-corrected chi connectivity index (χ4v) is 3.39. The predicted octanol–water partition coefficient (Wildman–Crippen LogP) is 0.0951. The van der Waals surface area contributed by atoms with E-state index in [2.05, 4.69) is 20.8 Å². The lowest BCUT2D eigenvalue weighted by atomic mass is 9.88. The number of aromatic nitrogens is 2. The number of carbonyl (C=O) groups is 2. The highest BCUT2D eigenvalue weighted by molar-refractivity contribution is 6.07. The van der Waals surface area contributed by atoms with E-state index in [1.165, 1.54) is 4.90 Å². The van der Waals surface area contributed by atoms with Gasteiger partial charge >= 0.3 is 6.03 Å². The highest BCUT2D eigenvalue weighted by Crippen LogP contribution is 2.29. The number of piperidine rings is 1. The van der Waals surface area contributed by atoms with Crippen LogP contribution in [0.5, 0.6) is 0 Å². The molecule has 3 aliphatic heterocycles. The summed E-state index contributed by atoms with van der Waals surface area (Å²) in [6, 6.07) is -0.389. The molecule has 9 nitrogen and oxygen atoms in total. The zero-order chi connectivity index (χ0) is 15.9. The van der Waals surface area contributed by atoms with Gasteiger partial charge in [-0.2, -0.15) is 4.98 Å². The summed E-state index contributed by atoms with van der Waals surface area (Å²) >= 11 is 0. The molecule has 1 spiro atoms. The fourth-order valence-electron chi connectivity index (χ4n) is 3.39. The number of amides is 3. The lowest BCUT2D eigenvalue weighted by Gasteiger charge is -2.30. The lowest BCUT2D eigenvalue weighted by Crippen LogP contribution is -2.53. The molecule has 3 saturated heterocycles. The third-order valence-electron chi connectivity index (χ3n) is 4.69. The molecule has 0 aromatic carbocycles. The van der Waals surface area contributed by atoms with Crippen molar-refractivity contribution in [1.82, 2.24) is 25.7 Å². The normalized spacial score (nSPS) is 27.0. The van der Waals surface area contributed by atoms with Gasteiger partial charge in [-0.15, -0.1) is 0 Å². The molecule has 9 heteroatoms. The van der Waals surface area contributed by atoms with Gasteiger partial charge in [0.2, 0.25) is 0 Å². The van der Waals surface area contributed by atoms with Gasteiger partial charge in [0.15, 0.2) is 5.82 Å². The molecule has 0 bridgehead atoms. The van der Waals surface area contributed by atoms with Gasteiger partial charge in [0.05, 0.1) is 6.54 Å². The van der Waals surface area contributed by atoms with Crippen molar-refractivity contribution >= 4 is 11.9 Å². The Morgan fingerprint density at radius 1 is 1.30 bits per heavy atom. The van der Waals surface area contributed by atoms with Gasteiger partial charge in [0, 0.05) is 6.61 Å². The Morgan fingerprint density at radius 2 is 2.13 bits per heavy atom. The number of urea groups is 1. The van der Waals surface area contributed by atoms with Gasteiger partial charge in [0.25, 0.3) is 11.8 Å². The maximum absolute atomic E-state index is 12.7. The number of rotatable bonds is 3. The van der Waals surface area contributed by atoms with Crippen LogP contribution in [0.4, 0.5) is 4.79 Å². The molecule has 3 amide bonds. The van der Waals surface area contributed by atoms with E-state index in [1.54, 1.807) is 0 Å². The lowest BCUT2D eigenvalue weighted by molar-refractivity contribution is -0.132. The first-order valence-electron chi connectivity index (χ1n) is 7.97. The molecule has 2 N–H and O–H groups in total. The number of carbonyl (C=O) groups excluding carboxylic acids is 2. The summed E-state index contributed by atoms with van der Waals surface area (Å²) in [5, 5.41) is 9.91. The third-order valence-corrected chi connectivity index (χ3v) is 4.69. The van der Waals surface area contributed by atoms with E-state index in [4.69, 9.17) is 9.26 Å². The molecule has 124 valence electrons. The van der Waals surface area contributed by atoms with E-state index in [0.717, 1.165) is 12.8 Å². The van der Waals surface area contributed by atoms with Gasteiger partial charge in [-0.05, 0) is 38.8 Å². The average molecular weight is 321 g/mol. The SMILES string of the molecule is O=C1NC2(CCNCC2)C(=O)N1Cc1noc([C@@H]2CCCO2)n1. The first-order chi connectivity index (χ1) is 11.2. The maximum Gasteiger partial charge on any atom is 0.325 e. The molecule has 3 fully saturated rings. The van der Waals surface area contributed by atoms with Crippen LogP contribution in [0.2, 0.25) is 0 Å². The molecule has 0 saturated carbocycles. The van der Waals surface area contributed by atoms with Crippen LogP contribution in [-0.4, -0.2) is 52.2 Å². The first kappa shape index (κ1) is 14.6. The van der Waals surface area contributed by atoms with Crippen molar-refractivity contribution in [3.63, 3.8) is 0 Å². The summed E-state index contributed by atoms with van der Waals surface area (Å²) in [6.45, 7) is 2.14. The van der Waals surface area contributed by atoms with E-state index < -0.39 is 5.54 Å². The van der Waals surface area contributed by atoms with Gasteiger partial charge in [-0.25, -0.2) is 4.79 Å². The maximum atomic E-state index is 12.7.